The van der Waals surface area contributed by atoms with Crippen molar-refractivity contribution in [2.75, 3.05) is 6.54 Å². The van der Waals surface area contributed by atoms with E-state index in [0.29, 0.717) is 6.04 Å². The SMILES string of the molecule is CCNC(CC(C)CC)c1ccncn1. The van der Waals surface area contributed by atoms with Crippen LogP contribution in [0.2, 0.25) is 0 Å². The quantitative estimate of drug-likeness (QED) is 0.779. The van der Waals surface area contributed by atoms with Crippen LogP contribution in [-0.4, -0.2) is 16.5 Å². The third-order valence-electron chi connectivity index (χ3n) is 2.75. The molecule has 0 aliphatic carbocycles. The Balaban J connectivity index is 2.65. The van der Waals surface area contributed by atoms with Crippen LogP contribution in [0, 0.1) is 5.92 Å². The zero-order valence-corrected chi connectivity index (χ0v) is 9.90. The normalized spacial score (nSPS) is 14.9. The third-order valence-corrected chi connectivity index (χ3v) is 2.75. The van der Waals surface area contributed by atoms with Gasteiger partial charge in [0.05, 0.1) is 5.69 Å². The van der Waals surface area contributed by atoms with Gasteiger partial charge in [0.1, 0.15) is 6.33 Å². The molecule has 0 spiro atoms. The van der Waals surface area contributed by atoms with Crippen LogP contribution in [-0.2, 0) is 0 Å². The van der Waals surface area contributed by atoms with Crippen molar-refractivity contribution in [3.05, 3.63) is 24.3 Å². The second-order valence-electron chi connectivity index (χ2n) is 3.99. The molecule has 1 N–H and O–H groups in total. The van der Waals surface area contributed by atoms with Gasteiger partial charge in [0.15, 0.2) is 0 Å². The minimum absolute atomic E-state index is 0.368. The highest BCUT2D eigenvalue weighted by atomic mass is 14.9. The maximum absolute atomic E-state index is 4.31. The predicted octanol–water partition coefficient (Wildman–Crippen LogP) is 2.56. The maximum Gasteiger partial charge on any atom is 0.115 e. The summed E-state index contributed by atoms with van der Waals surface area (Å²) in [7, 11) is 0. The van der Waals surface area contributed by atoms with Crippen molar-refractivity contribution in [3.63, 3.8) is 0 Å². The number of rotatable bonds is 6. The first kappa shape index (κ1) is 12.1. The molecule has 0 radical (unpaired) electrons. The second kappa shape index (κ2) is 6.51. The van der Waals surface area contributed by atoms with Gasteiger partial charge in [-0.2, -0.15) is 0 Å². The van der Waals surface area contributed by atoms with Crippen molar-refractivity contribution < 1.29 is 0 Å². The van der Waals surface area contributed by atoms with E-state index in [0.717, 1.165) is 24.6 Å². The van der Waals surface area contributed by atoms with Crippen molar-refractivity contribution in [1.82, 2.24) is 15.3 Å². The molecule has 0 fully saturated rings. The average molecular weight is 207 g/mol. The van der Waals surface area contributed by atoms with Crippen molar-refractivity contribution in [2.24, 2.45) is 5.92 Å². The third kappa shape index (κ3) is 3.96. The lowest BCUT2D eigenvalue weighted by Gasteiger charge is -2.20. The molecule has 3 heteroatoms. The molecule has 0 bridgehead atoms. The van der Waals surface area contributed by atoms with Crippen molar-refractivity contribution >= 4 is 0 Å². The highest BCUT2D eigenvalue weighted by Crippen LogP contribution is 2.20. The van der Waals surface area contributed by atoms with Crippen LogP contribution in [0.15, 0.2) is 18.6 Å². The molecule has 84 valence electrons. The van der Waals surface area contributed by atoms with E-state index in [1.54, 1.807) is 6.33 Å². The molecule has 2 atom stereocenters. The minimum Gasteiger partial charge on any atom is -0.309 e. The van der Waals surface area contributed by atoms with Gasteiger partial charge in [-0.3, -0.25) is 0 Å². The van der Waals surface area contributed by atoms with Crippen molar-refractivity contribution in [3.8, 4) is 0 Å². The number of nitrogens with zero attached hydrogens (tertiary/aromatic N) is 2. The first-order valence-electron chi connectivity index (χ1n) is 5.77. The average Bonchev–Trinajstić information content (AvgIpc) is 2.29. The Hall–Kier alpha value is -0.960. The highest BCUT2D eigenvalue weighted by Gasteiger charge is 2.14. The zero-order valence-electron chi connectivity index (χ0n) is 9.90. The molecule has 0 saturated heterocycles. The molecule has 1 heterocycles. The van der Waals surface area contributed by atoms with Crippen molar-refractivity contribution in [2.45, 2.75) is 39.7 Å². The summed E-state index contributed by atoms with van der Waals surface area (Å²) in [6, 6.07) is 2.36. The monoisotopic (exact) mass is 207 g/mol. The predicted molar refractivity (Wildman–Crippen MR) is 62.5 cm³/mol. The first-order valence-corrected chi connectivity index (χ1v) is 5.77. The fourth-order valence-electron chi connectivity index (χ4n) is 1.63. The lowest BCUT2D eigenvalue weighted by atomic mass is 9.97. The Kier molecular flexibility index (Phi) is 5.26. The van der Waals surface area contributed by atoms with Crippen LogP contribution in [0.5, 0.6) is 0 Å². The van der Waals surface area contributed by atoms with Gasteiger partial charge in [-0.05, 0) is 24.9 Å². The van der Waals surface area contributed by atoms with Gasteiger partial charge in [0, 0.05) is 12.2 Å². The Morgan fingerprint density at radius 1 is 1.40 bits per heavy atom. The lowest BCUT2D eigenvalue weighted by molar-refractivity contribution is 0.402. The molecule has 0 amide bonds. The number of hydrogen-bond acceptors (Lipinski definition) is 3. The summed E-state index contributed by atoms with van der Waals surface area (Å²) in [5.74, 6) is 0.726. The molecule has 0 aliphatic heterocycles. The highest BCUT2D eigenvalue weighted by molar-refractivity contribution is 5.04. The number of nitrogens with one attached hydrogen (secondary N) is 1. The smallest absolute Gasteiger partial charge is 0.115 e. The van der Waals surface area contributed by atoms with Crippen LogP contribution >= 0.6 is 0 Å². The molecule has 1 rings (SSSR count). The fraction of sp³-hybridized carbons (Fsp3) is 0.667. The van der Waals surface area contributed by atoms with E-state index in [1.807, 2.05) is 12.3 Å². The Morgan fingerprint density at radius 3 is 2.73 bits per heavy atom. The maximum atomic E-state index is 4.31. The van der Waals surface area contributed by atoms with Gasteiger partial charge < -0.3 is 5.32 Å². The van der Waals surface area contributed by atoms with Crippen LogP contribution in [0.3, 0.4) is 0 Å². The molecular formula is C12H21N3. The van der Waals surface area contributed by atoms with Crippen molar-refractivity contribution in [1.29, 1.82) is 0 Å². The standard InChI is InChI=1S/C12H21N3/c1-4-10(3)8-12(14-5-2)11-6-7-13-9-15-11/h6-7,9-10,12,14H,4-5,8H2,1-3H3. The minimum atomic E-state index is 0.368. The van der Waals surface area contributed by atoms with E-state index in [9.17, 15) is 0 Å². The summed E-state index contributed by atoms with van der Waals surface area (Å²) in [6.07, 6.45) is 5.79. The Labute approximate surface area is 92.3 Å². The fourth-order valence-corrected chi connectivity index (χ4v) is 1.63. The molecule has 1 aromatic heterocycles. The van der Waals surface area contributed by atoms with E-state index in [2.05, 4.69) is 36.1 Å². The largest absolute Gasteiger partial charge is 0.309 e. The molecule has 3 nitrogen and oxygen atoms in total. The van der Waals surface area contributed by atoms with Gasteiger partial charge in [-0.25, -0.2) is 9.97 Å². The zero-order chi connectivity index (χ0) is 11.1. The second-order valence-corrected chi connectivity index (χ2v) is 3.99. The van der Waals surface area contributed by atoms with E-state index < -0.39 is 0 Å². The molecule has 2 unspecified atom stereocenters. The number of aromatic nitrogens is 2. The van der Waals surface area contributed by atoms with Gasteiger partial charge in [-0.1, -0.05) is 27.2 Å². The van der Waals surface area contributed by atoms with Gasteiger partial charge in [0.25, 0.3) is 0 Å². The van der Waals surface area contributed by atoms with Crippen LogP contribution < -0.4 is 5.32 Å². The van der Waals surface area contributed by atoms with Gasteiger partial charge in [-0.15, -0.1) is 0 Å². The van der Waals surface area contributed by atoms with E-state index >= 15 is 0 Å². The summed E-state index contributed by atoms with van der Waals surface area (Å²) in [6.45, 7) is 7.62. The van der Waals surface area contributed by atoms with Gasteiger partial charge >= 0.3 is 0 Å². The topological polar surface area (TPSA) is 37.8 Å². The Bertz CT molecular complexity index is 261. The number of hydrogen-bond donors (Lipinski definition) is 1. The first-order chi connectivity index (χ1) is 7.27. The van der Waals surface area contributed by atoms with E-state index in [1.165, 1.54) is 6.42 Å². The molecular weight excluding hydrogens is 186 g/mol. The lowest BCUT2D eigenvalue weighted by Crippen LogP contribution is -2.23. The Morgan fingerprint density at radius 2 is 2.20 bits per heavy atom. The molecule has 15 heavy (non-hydrogen) atoms. The summed E-state index contributed by atoms with van der Waals surface area (Å²) < 4.78 is 0. The van der Waals surface area contributed by atoms with Gasteiger partial charge in [0.2, 0.25) is 0 Å². The summed E-state index contributed by atoms with van der Waals surface area (Å²) in [5.41, 5.74) is 1.10. The van der Waals surface area contributed by atoms with Crippen LogP contribution in [0.4, 0.5) is 0 Å². The molecule has 1 aromatic rings. The molecule has 0 aliphatic rings. The molecule has 0 saturated carbocycles. The van der Waals surface area contributed by atoms with Crippen LogP contribution in [0.1, 0.15) is 45.3 Å². The molecule has 0 aromatic carbocycles. The summed E-state index contributed by atoms with van der Waals surface area (Å²) in [5, 5.41) is 3.47. The van der Waals surface area contributed by atoms with Crippen LogP contribution in [0.25, 0.3) is 0 Å². The summed E-state index contributed by atoms with van der Waals surface area (Å²) >= 11 is 0. The summed E-state index contributed by atoms with van der Waals surface area (Å²) in [4.78, 5) is 8.26. The van der Waals surface area contributed by atoms with E-state index in [-0.39, 0.29) is 0 Å². The van der Waals surface area contributed by atoms with E-state index in [4.69, 9.17) is 0 Å².